The Morgan fingerprint density at radius 3 is 2.12 bits per heavy atom. The van der Waals surface area contributed by atoms with Gasteiger partial charge in [-0.1, -0.05) is 61.5 Å². The first-order valence-corrected chi connectivity index (χ1v) is 12.9. The minimum atomic E-state index is -3.27. The van der Waals surface area contributed by atoms with E-state index in [9.17, 15) is 17.6 Å². The number of sulfonamides is 1. The van der Waals surface area contributed by atoms with Gasteiger partial charge >= 0.3 is 0 Å². The minimum absolute atomic E-state index is 0.0625. The maximum atomic E-state index is 13.3. The summed E-state index contributed by atoms with van der Waals surface area (Å²) in [4.78, 5) is 12.1. The third kappa shape index (κ3) is 6.98. The van der Waals surface area contributed by atoms with Gasteiger partial charge in [-0.25, -0.2) is 17.5 Å². The molecule has 0 saturated heterocycles. The van der Waals surface area contributed by atoms with E-state index in [2.05, 4.69) is 10.0 Å². The lowest BCUT2D eigenvalue weighted by Crippen LogP contribution is -2.33. The third-order valence-corrected chi connectivity index (χ3v) is 7.57. The summed E-state index contributed by atoms with van der Waals surface area (Å²) in [6, 6.07) is 21.9. The van der Waals surface area contributed by atoms with Crippen LogP contribution in [0.5, 0.6) is 0 Å². The molecule has 1 unspecified atom stereocenters. The fraction of sp³-hybridized carbons (Fsp3) is 0.296. The van der Waals surface area contributed by atoms with Gasteiger partial charge in [-0.05, 0) is 66.6 Å². The van der Waals surface area contributed by atoms with Gasteiger partial charge in [0.15, 0.2) is 0 Å². The molecule has 0 aromatic heterocycles. The van der Waals surface area contributed by atoms with Crippen molar-refractivity contribution in [3.63, 3.8) is 0 Å². The van der Waals surface area contributed by atoms with E-state index >= 15 is 0 Å². The van der Waals surface area contributed by atoms with E-state index < -0.39 is 21.1 Å². The molecule has 0 spiro atoms. The number of hydrogen-bond acceptors (Lipinski definition) is 3. The van der Waals surface area contributed by atoms with Gasteiger partial charge in [-0.15, -0.1) is 0 Å². The number of carbonyl (C=O) groups excluding carboxylic acids is 1. The monoisotopic (exact) mass is 482 g/mol. The number of rotatable bonds is 10. The molecule has 0 aliphatic rings. The van der Waals surface area contributed by atoms with E-state index in [4.69, 9.17) is 0 Å². The summed E-state index contributed by atoms with van der Waals surface area (Å²) in [6.45, 7) is 6.15. The lowest BCUT2D eigenvalue weighted by Gasteiger charge is -2.15. The Morgan fingerprint density at radius 2 is 1.53 bits per heavy atom. The van der Waals surface area contributed by atoms with E-state index in [-0.39, 0.29) is 11.8 Å². The molecule has 180 valence electrons. The largest absolute Gasteiger partial charge is 0.352 e. The molecular formula is C27H31FN2O3S. The maximum absolute atomic E-state index is 13.3. The highest BCUT2D eigenvalue weighted by atomic mass is 32.2. The van der Waals surface area contributed by atoms with Crippen molar-refractivity contribution in [1.82, 2.24) is 10.0 Å². The molecule has 0 bridgehead atoms. The topological polar surface area (TPSA) is 75.3 Å². The molecule has 7 heteroatoms. The Kier molecular flexibility index (Phi) is 8.58. The van der Waals surface area contributed by atoms with E-state index in [0.717, 1.165) is 22.3 Å². The summed E-state index contributed by atoms with van der Waals surface area (Å²) < 4.78 is 39.9. The van der Waals surface area contributed by atoms with Crippen LogP contribution in [0, 0.1) is 5.82 Å². The first-order valence-electron chi connectivity index (χ1n) is 11.4. The SMILES string of the molecule is CC(CNS(=O)(=O)C(C)C)c1ccc(-c2ccc(CCNC(=O)c3cccc(F)c3)cc2)cc1. The Balaban J connectivity index is 1.52. The fourth-order valence-corrected chi connectivity index (χ4v) is 4.26. The molecule has 1 amide bonds. The van der Waals surface area contributed by atoms with Crippen molar-refractivity contribution in [3.8, 4) is 11.1 Å². The molecule has 3 rings (SSSR count). The molecule has 5 nitrogen and oxygen atoms in total. The number of carbonyl (C=O) groups is 1. The zero-order valence-corrected chi connectivity index (χ0v) is 20.5. The number of halogens is 1. The van der Waals surface area contributed by atoms with Crippen LogP contribution in [0.15, 0.2) is 72.8 Å². The first-order chi connectivity index (χ1) is 16.2. The highest BCUT2D eigenvalue weighted by molar-refractivity contribution is 7.90. The summed E-state index contributed by atoms with van der Waals surface area (Å²) in [5.74, 6) is -0.656. The first kappa shape index (κ1) is 25.6. The van der Waals surface area contributed by atoms with Crippen molar-refractivity contribution in [3.05, 3.63) is 95.3 Å². The lowest BCUT2D eigenvalue weighted by atomic mass is 9.97. The van der Waals surface area contributed by atoms with Gasteiger partial charge in [0.25, 0.3) is 5.91 Å². The van der Waals surface area contributed by atoms with E-state index in [1.807, 2.05) is 55.5 Å². The average Bonchev–Trinajstić information content (AvgIpc) is 2.83. The van der Waals surface area contributed by atoms with Crippen molar-refractivity contribution in [2.75, 3.05) is 13.1 Å². The second-order valence-corrected chi connectivity index (χ2v) is 11.0. The van der Waals surface area contributed by atoms with Gasteiger partial charge in [0.05, 0.1) is 5.25 Å². The van der Waals surface area contributed by atoms with Crippen LogP contribution in [0.25, 0.3) is 11.1 Å². The summed E-state index contributed by atoms with van der Waals surface area (Å²) in [5.41, 5.74) is 4.62. The van der Waals surface area contributed by atoms with Crippen LogP contribution in [-0.2, 0) is 16.4 Å². The maximum Gasteiger partial charge on any atom is 0.251 e. The minimum Gasteiger partial charge on any atom is -0.352 e. The normalized spacial score (nSPS) is 12.5. The van der Waals surface area contributed by atoms with E-state index in [1.54, 1.807) is 19.9 Å². The molecule has 0 saturated carbocycles. The van der Waals surface area contributed by atoms with Crippen LogP contribution in [0.4, 0.5) is 4.39 Å². The zero-order chi connectivity index (χ0) is 24.7. The molecule has 3 aromatic carbocycles. The molecule has 0 radical (unpaired) electrons. The predicted octanol–water partition coefficient (Wildman–Crippen LogP) is 4.90. The van der Waals surface area contributed by atoms with Crippen molar-refractivity contribution in [2.45, 2.75) is 38.4 Å². The molecular weight excluding hydrogens is 451 g/mol. The van der Waals surface area contributed by atoms with Crippen LogP contribution in [0.2, 0.25) is 0 Å². The summed E-state index contributed by atoms with van der Waals surface area (Å²) in [7, 11) is -3.27. The van der Waals surface area contributed by atoms with Crippen molar-refractivity contribution < 1.29 is 17.6 Å². The van der Waals surface area contributed by atoms with E-state index in [1.165, 1.54) is 18.2 Å². The Bertz CT molecular complexity index is 1210. The highest BCUT2D eigenvalue weighted by Gasteiger charge is 2.17. The van der Waals surface area contributed by atoms with Crippen LogP contribution >= 0.6 is 0 Å². The smallest absolute Gasteiger partial charge is 0.251 e. The van der Waals surface area contributed by atoms with Gasteiger partial charge in [0, 0.05) is 18.7 Å². The predicted molar refractivity (Wildman–Crippen MR) is 135 cm³/mol. The number of benzene rings is 3. The molecule has 0 fully saturated rings. The Morgan fingerprint density at radius 1 is 0.912 bits per heavy atom. The quantitative estimate of drug-likeness (QED) is 0.432. The molecule has 3 aromatic rings. The number of hydrogen-bond donors (Lipinski definition) is 2. The standard InChI is InChI=1S/C27H31FN2O3S/c1-19(2)34(32,33)30-18-20(3)22-11-13-24(14-12-22)23-9-7-21(8-10-23)15-16-29-27(31)25-5-4-6-26(28)17-25/h4-14,17,19-20,30H,15-16,18H2,1-3H3,(H,29,31). The summed E-state index contributed by atoms with van der Waals surface area (Å²) in [6.07, 6.45) is 0.671. The molecule has 0 heterocycles. The summed E-state index contributed by atoms with van der Waals surface area (Å²) >= 11 is 0. The van der Waals surface area contributed by atoms with Gasteiger partial charge < -0.3 is 5.32 Å². The molecule has 34 heavy (non-hydrogen) atoms. The number of nitrogens with one attached hydrogen (secondary N) is 2. The van der Waals surface area contributed by atoms with Gasteiger partial charge in [-0.2, -0.15) is 0 Å². The van der Waals surface area contributed by atoms with Crippen LogP contribution in [0.1, 0.15) is 48.2 Å². The van der Waals surface area contributed by atoms with Crippen molar-refractivity contribution in [1.29, 1.82) is 0 Å². The van der Waals surface area contributed by atoms with Gasteiger partial charge in [0.1, 0.15) is 5.82 Å². The van der Waals surface area contributed by atoms with Gasteiger partial charge in [-0.3, -0.25) is 4.79 Å². The lowest BCUT2D eigenvalue weighted by molar-refractivity contribution is 0.0953. The average molecular weight is 483 g/mol. The Labute approximate surface area is 201 Å². The molecule has 2 N–H and O–H groups in total. The van der Waals surface area contributed by atoms with Gasteiger partial charge in [0.2, 0.25) is 10.0 Å². The van der Waals surface area contributed by atoms with Crippen molar-refractivity contribution in [2.24, 2.45) is 0 Å². The zero-order valence-electron chi connectivity index (χ0n) is 19.7. The third-order valence-electron chi connectivity index (χ3n) is 5.76. The van der Waals surface area contributed by atoms with E-state index in [0.29, 0.717) is 25.1 Å². The van der Waals surface area contributed by atoms with Crippen LogP contribution in [0.3, 0.4) is 0 Å². The highest BCUT2D eigenvalue weighted by Crippen LogP contribution is 2.23. The van der Waals surface area contributed by atoms with Crippen LogP contribution < -0.4 is 10.0 Å². The molecule has 1 atom stereocenters. The Hall–Kier alpha value is -3.03. The van der Waals surface area contributed by atoms with Crippen LogP contribution in [-0.4, -0.2) is 32.7 Å². The second-order valence-electron chi connectivity index (χ2n) is 8.68. The molecule has 0 aliphatic carbocycles. The van der Waals surface area contributed by atoms with Crippen molar-refractivity contribution >= 4 is 15.9 Å². The summed E-state index contributed by atoms with van der Waals surface area (Å²) in [5, 5.41) is 2.37. The number of amides is 1. The fourth-order valence-electron chi connectivity index (χ4n) is 3.45. The second kappa shape index (κ2) is 11.4. The molecule has 0 aliphatic heterocycles.